The highest BCUT2D eigenvalue weighted by Gasteiger charge is 2.34. The maximum Gasteiger partial charge on any atom is 0.288 e. The van der Waals surface area contributed by atoms with Crippen LogP contribution >= 0.6 is 0 Å². The molecule has 1 amide bonds. The summed E-state index contributed by atoms with van der Waals surface area (Å²) in [4.78, 5) is 26.2. The molecule has 0 N–H and O–H groups in total. The summed E-state index contributed by atoms with van der Waals surface area (Å²) in [7, 11) is -3.71. The van der Waals surface area contributed by atoms with E-state index in [0.29, 0.717) is 31.9 Å². The first-order chi connectivity index (χ1) is 11.8. The molecule has 0 spiro atoms. The maximum absolute atomic E-state index is 12.2. The van der Waals surface area contributed by atoms with Crippen LogP contribution in [0, 0.1) is 16.0 Å². The van der Waals surface area contributed by atoms with Gasteiger partial charge in [-0.3, -0.25) is 14.9 Å². The molecule has 0 unspecified atom stereocenters. The van der Waals surface area contributed by atoms with Gasteiger partial charge in [0.05, 0.1) is 4.92 Å². The number of carbonyl (C=O) groups is 1. The van der Waals surface area contributed by atoms with Crippen LogP contribution in [0.1, 0.15) is 19.3 Å². The fourth-order valence-corrected chi connectivity index (χ4v) is 3.99. The van der Waals surface area contributed by atoms with Crippen LogP contribution in [-0.4, -0.2) is 56.6 Å². The van der Waals surface area contributed by atoms with Crippen molar-refractivity contribution in [1.29, 1.82) is 0 Å². The first-order valence-electron chi connectivity index (χ1n) is 8.29. The van der Waals surface area contributed by atoms with Crippen molar-refractivity contribution < 1.29 is 18.1 Å². The third-order valence-electron chi connectivity index (χ3n) is 4.64. The van der Waals surface area contributed by atoms with Crippen molar-refractivity contribution in [3.63, 3.8) is 0 Å². The Bertz CT molecular complexity index is 804. The molecule has 25 heavy (non-hydrogen) atoms. The van der Waals surface area contributed by atoms with E-state index in [4.69, 9.17) is 0 Å². The van der Waals surface area contributed by atoms with Gasteiger partial charge in [0.25, 0.3) is 5.69 Å². The monoisotopic (exact) mass is 367 g/mol. The lowest BCUT2D eigenvalue weighted by molar-refractivity contribution is -0.387. The molecule has 3 rings (SSSR count). The van der Waals surface area contributed by atoms with Gasteiger partial charge in [-0.2, -0.15) is 0 Å². The Morgan fingerprint density at radius 2 is 1.92 bits per heavy atom. The number of benzene rings is 1. The summed E-state index contributed by atoms with van der Waals surface area (Å²) in [6.45, 7) is 2.53. The van der Waals surface area contributed by atoms with Crippen LogP contribution < -0.4 is 4.90 Å². The van der Waals surface area contributed by atoms with E-state index in [9.17, 15) is 23.3 Å². The number of anilines is 1. The van der Waals surface area contributed by atoms with Gasteiger partial charge in [0, 0.05) is 50.1 Å². The third-order valence-corrected chi connectivity index (χ3v) is 5.76. The Morgan fingerprint density at radius 1 is 1.20 bits per heavy atom. The van der Waals surface area contributed by atoms with Gasteiger partial charge in [0.15, 0.2) is 9.84 Å². The number of nitrogens with zero attached hydrogens (tertiary/aromatic N) is 3. The van der Waals surface area contributed by atoms with E-state index in [-0.39, 0.29) is 16.7 Å². The molecule has 1 aliphatic heterocycles. The second-order valence-corrected chi connectivity index (χ2v) is 8.61. The van der Waals surface area contributed by atoms with Gasteiger partial charge in [-0.15, -0.1) is 0 Å². The Kier molecular flexibility index (Phi) is 4.68. The first kappa shape index (κ1) is 17.7. The molecule has 0 aromatic heterocycles. The summed E-state index contributed by atoms with van der Waals surface area (Å²) in [6.07, 6.45) is 3.69. The minimum absolute atomic E-state index is 0.183. The summed E-state index contributed by atoms with van der Waals surface area (Å²) in [6, 6.07) is 4.18. The van der Waals surface area contributed by atoms with Crippen LogP contribution in [0.25, 0.3) is 0 Å². The number of carbonyl (C=O) groups excluding carboxylic acids is 1. The number of hydrogen-bond donors (Lipinski definition) is 0. The molecule has 1 saturated carbocycles. The molecular formula is C16H21N3O5S. The van der Waals surface area contributed by atoms with Gasteiger partial charge >= 0.3 is 0 Å². The SMILES string of the molecule is CS(=O)(=O)c1cc(N2CCCN(C(=O)C3CC3)CC2)ccc1[N+](=O)[O-]. The van der Waals surface area contributed by atoms with E-state index >= 15 is 0 Å². The number of nitro groups is 1. The van der Waals surface area contributed by atoms with Crippen molar-refractivity contribution >= 4 is 27.1 Å². The molecule has 8 nitrogen and oxygen atoms in total. The Morgan fingerprint density at radius 3 is 2.52 bits per heavy atom. The molecule has 0 radical (unpaired) electrons. The fourth-order valence-electron chi connectivity index (χ4n) is 3.13. The average Bonchev–Trinajstić information content (AvgIpc) is 3.39. The number of amides is 1. The van der Waals surface area contributed by atoms with Crippen LogP contribution in [0.3, 0.4) is 0 Å². The maximum atomic E-state index is 12.2. The first-order valence-corrected chi connectivity index (χ1v) is 10.2. The van der Waals surface area contributed by atoms with Gasteiger partial charge in [0.1, 0.15) is 4.90 Å². The largest absolute Gasteiger partial charge is 0.370 e. The quantitative estimate of drug-likeness (QED) is 0.590. The van der Waals surface area contributed by atoms with Gasteiger partial charge in [-0.1, -0.05) is 0 Å². The Balaban J connectivity index is 1.81. The van der Waals surface area contributed by atoms with Gasteiger partial charge in [0.2, 0.25) is 5.91 Å². The highest BCUT2D eigenvalue weighted by molar-refractivity contribution is 7.90. The minimum Gasteiger partial charge on any atom is -0.370 e. The molecule has 2 aliphatic rings. The van der Waals surface area contributed by atoms with Crippen molar-refractivity contribution in [2.75, 3.05) is 37.3 Å². The van der Waals surface area contributed by atoms with Crippen molar-refractivity contribution in [2.45, 2.75) is 24.2 Å². The lowest BCUT2D eigenvalue weighted by Crippen LogP contribution is -2.36. The van der Waals surface area contributed by atoms with E-state index in [1.165, 1.54) is 12.1 Å². The molecule has 1 heterocycles. The molecule has 1 aromatic rings. The van der Waals surface area contributed by atoms with E-state index in [1.54, 1.807) is 6.07 Å². The van der Waals surface area contributed by atoms with E-state index in [2.05, 4.69) is 0 Å². The highest BCUT2D eigenvalue weighted by atomic mass is 32.2. The standard InChI is InChI=1S/C16H21N3O5S/c1-25(23,24)15-11-13(5-6-14(15)19(21)22)17-7-2-8-18(10-9-17)16(20)12-3-4-12/h5-6,11-12H,2-4,7-10H2,1H3. The predicted molar refractivity (Wildman–Crippen MR) is 92.3 cm³/mol. The van der Waals surface area contributed by atoms with E-state index in [1.807, 2.05) is 9.80 Å². The second kappa shape index (κ2) is 6.62. The summed E-state index contributed by atoms with van der Waals surface area (Å²) >= 11 is 0. The fraction of sp³-hybridized carbons (Fsp3) is 0.562. The number of sulfone groups is 1. The van der Waals surface area contributed by atoms with Crippen LogP contribution in [0.4, 0.5) is 11.4 Å². The normalized spacial score (nSPS) is 18.8. The zero-order valence-electron chi connectivity index (χ0n) is 14.1. The Labute approximate surface area is 146 Å². The summed E-state index contributed by atoms with van der Waals surface area (Å²) in [5, 5.41) is 11.1. The second-order valence-electron chi connectivity index (χ2n) is 6.62. The van der Waals surface area contributed by atoms with E-state index in [0.717, 1.165) is 25.5 Å². The zero-order valence-corrected chi connectivity index (χ0v) is 14.9. The molecule has 2 fully saturated rings. The lowest BCUT2D eigenvalue weighted by atomic mass is 10.2. The molecule has 136 valence electrons. The molecule has 1 aliphatic carbocycles. The van der Waals surface area contributed by atoms with Crippen LogP contribution in [0.15, 0.2) is 23.1 Å². The molecule has 9 heteroatoms. The molecular weight excluding hydrogens is 346 g/mol. The van der Waals surface area contributed by atoms with Crippen LogP contribution in [-0.2, 0) is 14.6 Å². The van der Waals surface area contributed by atoms with Crippen molar-refractivity contribution in [1.82, 2.24) is 4.90 Å². The Hall–Kier alpha value is -2.16. The van der Waals surface area contributed by atoms with Crippen molar-refractivity contribution in [2.24, 2.45) is 5.92 Å². The van der Waals surface area contributed by atoms with Crippen molar-refractivity contribution in [3.8, 4) is 0 Å². The molecule has 0 bridgehead atoms. The van der Waals surface area contributed by atoms with Crippen molar-refractivity contribution in [3.05, 3.63) is 28.3 Å². The average molecular weight is 367 g/mol. The third kappa shape index (κ3) is 3.92. The smallest absolute Gasteiger partial charge is 0.288 e. The van der Waals surface area contributed by atoms with Crippen LogP contribution in [0.5, 0.6) is 0 Å². The highest BCUT2D eigenvalue weighted by Crippen LogP contribution is 2.32. The zero-order chi connectivity index (χ0) is 18.2. The summed E-state index contributed by atoms with van der Waals surface area (Å²) < 4.78 is 23.8. The summed E-state index contributed by atoms with van der Waals surface area (Å²) in [5.41, 5.74) is 0.221. The van der Waals surface area contributed by atoms with Gasteiger partial charge < -0.3 is 9.80 Å². The minimum atomic E-state index is -3.71. The van der Waals surface area contributed by atoms with E-state index < -0.39 is 20.4 Å². The van der Waals surface area contributed by atoms with Gasteiger partial charge in [-0.05, 0) is 31.4 Å². The molecule has 1 aromatic carbocycles. The van der Waals surface area contributed by atoms with Crippen LogP contribution in [0.2, 0.25) is 0 Å². The molecule has 1 saturated heterocycles. The number of rotatable bonds is 4. The predicted octanol–water partition coefficient (Wildman–Crippen LogP) is 1.45. The molecule has 0 atom stereocenters. The topological polar surface area (TPSA) is 101 Å². The van der Waals surface area contributed by atoms with Gasteiger partial charge in [-0.25, -0.2) is 8.42 Å². The summed E-state index contributed by atoms with van der Waals surface area (Å²) in [5.74, 6) is 0.394. The lowest BCUT2D eigenvalue weighted by Gasteiger charge is -2.24. The number of nitro benzene ring substituents is 1. The number of hydrogen-bond acceptors (Lipinski definition) is 6.